The zero-order valence-corrected chi connectivity index (χ0v) is 23.6. The van der Waals surface area contributed by atoms with Gasteiger partial charge in [0.05, 0.1) is 27.3 Å². The number of nitrogens with zero attached hydrogens (tertiary/aromatic N) is 2. The summed E-state index contributed by atoms with van der Waals surface area (Å²) in [6, 6.07) is 9.88. The molecule has 0 radical (unpaired) electrons. The van der Waals surface area contributed by atoms with Gasteiger partial charge >= 0.3 is 0 Å². The van der Waals surface area contributed by atoms with Crippen LogP contribution in [0.15, 0.2) is 35.7 Å². The Morgan fingerprint density at radius 1 is 0.944 bits per heavy atom. The average Bonchev–Trinajstić information content (AvgIpc) is 3.39. The molecule has 0 aliphatic heterocycles. The van der Waals surface area contributed by atoms with Crippen LogP contribution in [0.2, 0.25) is 0 Å². The highest BCUT2D eigenvalue weighted by molar-refractivity contribution is 7.09. The second-order valence-corrected chi connectivity index (χ2v) is 10.5. The van der Waals surface area contributed by atoms with Crippen LogP contribution in [0.1, 0.15) is 76.2 Å². The van der Waals surface area contributed by atoms with E-state index in [0.29, 0.717) is 37.4 Å². The molecule has 0 unspecified atom stereocenters. The van der Waals surface area contributed by atoms with E-state index in [1.54, 1.807) is 30.5 Å². The standard InChI is InChI=1S/C29H44N2O4S/c1-6-7-8-9-10-11-14-28(32)31(23(2)3)22-29(33)30(21-25-13-12-19-36-25)18-17-24-15-16-26(34-4)27(20-24)35-5/h12-13,15-16,19-20,23H,6-11,14,17-18,21-22H2,1-5H3. The van der Waals surface area contributed by atoms with Crippen molar-refractivity contribution >= 4 is 23.2 Å². The van der Waals surface area contributed by atoms with Crippen molar-refractivity contribution in [1.82, 2.24) is 9.80 Å². The largest absolute Gasteiger partial charge is 0.493 e. The lowest BCUT2D eigenvalue weighted by Crippen LogP contribution is -2.46. The van der Waals surface area contributed by atoms with E-state index < -0.39 is 0 Å². The smallest absolute Gasteiger partial charge is 0.242 e. The maximum absolute atomic E-state index is 13.5. The number of unbranched alkanes of at least 4 members (excludes halogenated alkanes) is 5. The highest BCUT2D eigenvalue weighted by atomic mass is 32.1. The molecule has 0 bridgehead atoms. The number of thiophene rings is 1. The van der Waals surface area contributed by atoms with E-state index in [1.165, 1.54) is 25.7 Å². The molecular weight excluding hydrogens is 472 g/mol. The third-order valence-corrected chi connectivity index (χ3v) is 7.25. The Labute approximate surface area is 221 Å². The number of hydrogen-bond donors (Lipinski definition) is 0. The Kier molecular flexibility index (Phi) is 13.4. The summed E-state index contributed by atoms with van der Waals surface area (Å²) in [6.45, 7) is 7.39. The van der Waals surface area contributed by atoms with Gasteiger partial charge in [-0.15, -0.1) is 11.3 Å². The number of methoxy groups -OCH3 is 2. The van der Waals surface area contributed by atoms with Crippen molar-refractivity contribution < 1.29 is 19.1 Å². The molecule has 0 atom stereocenters. The third kappa shape index (κ3) is 9.84. The summed E-state index contributed by atoms with van der Waals surface area (Å²) in [5, 5.41) is 2.02. The Bertz CT molecular complexity index is 914. The van der Waals surface area contributed by atoms with Crippen LogP contribution in [-0.4, -0.2) is 55.0 Å². The fourth-order valence-corrected chi connectivity index (χ4v) is 4.91. The van der Waals surface area contributed by atoms with Crippen LogP contribution < -0.4 is 9.47 Å². The van der Waals surface area contributed by atoms with Crippen LogP contribution in [0.3, 0.4) is 0 Å². The summed E-state index contributed by atoms with van der Waals surface area (Å²) in [7, 11) is 3.24. The molecule has 2 amide bonds. The molecule has 0 N–H and O–H groups in total. The molecule has 6 nitrogen and oxygen atoms in total. The molecular formula is C29H44N2O4S. The molecule has 1 aromatic heterocycles. The van der Waals surface area contributed by atoms with Gasteiger partial charge in [-0.05, 0) is 55.8 Å². The molecule has 200 valence electrons. The monoisotopic (exact) mass is 516 g/mol. The molecule has 0 spiro atoms. The van der Waals surface area contributed by atoms with E-state index in [0.717, 1.165) is 23.3 Å². The summed E-state index contributed by atoms with van der Waals surface area (Å²) in [4.78, 5) is 31.2. The van der Waals surface area contributed by atoms with Crippen molar-refractivity contribution in [2.75, 3.05) is 27.3 Å². The van der Waals surface area contributed by atoms with Gasteiger partial charge in [0.2, 0.25) is 11.8 Å². The molecule has 0 saturated carbocycles. The summed E-state index contributed by atoms with van der Waals surface area (Å²) >= 11 is 1.64. The van der Waals surface area contributed by atoms with Gasteiger partial charge in [0.1, 0.15) is 0 Å². The highest BCUT2D eigenvalue weighted by Gasteiger charge is 2.23. The molecule has 2 aromatic rings. The first-order valence-corrected chi connectivity index (χ1v) is 14.1. The lowest BCUT2D eigenvalue weighted by molar-refractivity contribution is -0.142. The van der Waals surface area contributed by atoms with Crippen molar-refractivity contribution in [3.8, 4) is 11.5 Å². The number of rotatable bonds is 17. The van der Waals surface area contributed by atoms with E-state index in [-0.39, 0.29) is 24.4 Å². The van der Waals surface area contributed by atoms with Crippen molar-refractivity contribution in [3.63, 3.8) is 0 Å². The molecule has 0 aliphatic carbocycles. The number of hydrogen-bond acceptors (Lipinski definition) is 5. The lowest BCUT2D eigenvalue weighted by Gasteiger charge is -2.30. The Morgan fingerprint density at radius 2 is 1.67 bits per heavy atom. The van der Waals surface area contributed by atoms with Crippen LogP contribution in [0.25, 0.3) is 0 Å². The van der Waals surface area contributed by atoms with Gasteiger partial charge in [0.15, 0.2) is 11.5 Å². The minimum absolute atomic E-state index is 0.0176. The van der Waals surface area contributed by atoms with Crippen LogP contribution >= 0.6 is 11.3 Å². The molecule has 36 heavy (non-hydrogen) atoms. The summed E-state index contributed by atoms with van der Waals surface area (Å²) in [6.07, 6.45) is 8.03. The normalized spacial score (nSPS) is 10.9. The van der Waals surface area contributed by atoms with Gasteiger partial charge in [-0.25, -0.2) is 0 Å². The van der Waals surface area contributed by atoms with E-state index >= 15 is 0 Å². The maximum Gasteiger partial charge on any atom is 0.242 e. The maximum atomic E-state index is 13.5. The van der Waals surface area contributed by atoms with Crippen LogP contribution in [-0.2, 0) is 22.6 Å². The average molecular weight is 517 g/mol. The first-order valence-electron chi connectivity index (χ1n) is 13.2. The Balaban J connectivity index is 2.03. The SMILES string of the molecule is CCCCCCCCC(=O)N(CC(=O)N(CCc1ccc(OC)c(OC)c1)Cc1cccs1)C(C)C. The van der Waals surface area contributed by atoms with Gasteiger partial charge in [-0.3, -0.25) is 9.59 Å². The molecule has 0 saturated heterocycles. The van der Waals surface area contributed by atoms with Gasteiger partial charge in [0.25, 0.3) is 0 Å². The lowest BCUT2D eigenvalue weighted by atomic mass is 10.1. The van der Waals surface area contributed by atoms with E-state index in [1.807, 2.05) is 54.5 Å². The minimum Gasteiger partial charge on any atom is -0.493 e. The van der Waals surface area contributed by atoms with Gasteiger partial charge in [-0.1, -0.05) is 51.2 Å². The Morgan fingerprint density at radius 3 is 2.31 bits per heavy atom. The number of amides is 2. The molecule has 0 aliphatic rings. The Hall–Kier alpha value is -2.54. The van der Waals surface area contributed by atoms with E-state index in [9.17, 15) is 9.59 Å². The van der Waals surface area contributed by atoms with Crippen LogP contribution in [0.5, 0.6) is 11.5 Å². The predicted octanol–water partition coefficient (Wildman–Crippen LogP) is 6.32. The topological polar surface area (TPSA) is 59.1 Å². The van der Waals surface area contributed by atoms with Crippen molar-refractivity contribution in [1.29, 1.82) is 0 Å². The molecule has 1 heterocycles. The first-order chi connectivity index (χ1) is 17.4. The van der Waals surface area contributed by atoms with Crippen molar-refractivity contribution in [2.24, 2.45) is 0 Å². The fourth-order valence-electron chi connectivity index (χ4n) is 4.19. The summed E-state index contributed by atoms with van der Waals surface area (Å²) in [5.41, 5.74) is 1.07. The molecule has 7 heteroatoms. The second kappa shape index (κ2) is 16.3. The van der Waals surface area contributed by atoms with Gasteiger partial charge in [0, 0.05) is 23.9 Å². The summed E-state index contributed by atoms with van der Waals surface area (Å²) in [5.74, 6) is 1.42. The fraction of sp³-hybridized carbons (Fsp3) is 0.586. The number of carbonyl (C=O) groups excluding carboxylic acids is 2. The quantitative estimate of drug-likeness (QED) is 0.231. The van der Waals surface area contributed by atoms with E-state index in [2.05, 4.69) is 6.92 Å². The summed E-state index contributed by atoms with van der Waals surface area (Å²) < 4.78 is 10.8. The van der Waals surface area contributed by atoms with Crippen LogP contribution in [0, 0.1) is 0 Å². The van der Waals surface area contributed by atoms with E-state index in [4.69, 9.17) is 9.47 Å². The van der Waals surface area contributed by atoms with Gasteiger partial charge in [-0.2, -0.15) is 0 Å². The third-order valence-electron chi connectivity index (χ3n) is 6.39. The molecule has 2 rings (SSSR count). The zero-order chi connectivity index (χ0) is 26.3. The predicted molar refractivity (Wildman–Crippen MR) is 148 cm³/mol. The number of ether oxygens (including phenoxy) is 2. The minimum atomic E-state index is -0.0196. The number of benzene rings is 1. The van der Waals surface area contributed by atoms with Crippen molar-refractivity contribution in [3.05, 3.63) is 46.2 Å². The van der Waals surface area contributed by atoms with Gasteiger partial charge < -0.3 is 19.3 Å². The number of carbonyl (C=O) groups is 2. The first kappa shape index (κ1) is 29.7. The van der Waals surface area contributed by atoms with Crippen LogP contribution in [0.4, 0.5) is 0 Å². The zero-order valence-electron chi connectivity index (χ0n) is 22.8. The molecule has 1 aromatic carbocycles. The van der Waals surface area contributed by atoms with Crippen molar-refractivity contribution in [2.45, 2.75) is 84.7 Å². The highest BCUT2D eigenvalue weighted by Crippen LogP contribution is 2.28. The molecule has 0 fully saturated rings. The second-order valence-electron chi connectivity index (χ2n) is 9.47.